The van der Waals surface area contributed by atoms with E-state index in [1.807, 2.05) is 0 Å². The van der Waals surface area contributed by atoms with Crippen molar-refractivity contribution in [2.24, 2.45) is 0 Å². The average Bonchev–Trinajstić information content (AvgIpc) is 3.33. The Morgan fingerprint density at radius 3 is 2.33 bits per heavy atom. The van der Waals surface area contributed by atoms with E-state index in [0.717, 1.165) is 23.7 Å². The van der Waals surface area contributed by atoms with Gasteiger partial charge in [-0.25, -0.2) is 0 Å². The molecular weight excluding hydrogens is 326 g/mol. The molecule has 2 nitrogen and oxygen atoms in total. The van der Waals surface area contributed by atoms with Gasteiger partial charge in [0.2, 0.25) is 0 Å². The number of benzene rings is 1. The molecule has 0 amide bonds. The van der Waals surface area contributed by atoms with Gasteiger partial charge in [0.25, 0.3) is 0 Å². The van der Waals surface area contributed by atoms with Gasteiger partial charge >= 0.3 is 0 Å². The lowest BCUT2D eigenvalue weighted by atomic mass is 9.93. The molecule has 0 spiro atoms. The molecule has 116 valence electrons. The van der Waals surface area contributed by atoms with Crippen LogP contribution in [-0.4, -0.2) is 18.2 Å². The fourth-order valence-electron chi connectivity index (χ4n) is 3.18. The topological polar surface area (TPSA) is 21.3 Å². The third kappa shape index (κ3) is 4.80. The van der Waals surface area contributed by atoms with Crippen molar-refractivity contribution in [1.29, 1.82) is 0 Å². The van der Waals surface area contributed by atoms with Gasteiger partial charge < -0.3 is 10.1 Å². The summed E-state index contributed by atoms with van der Waals surface area (Å²) in [6.45, 7) is 1.77. The van der Waals surface area contributed by atoms with Crippen LogP contribution in [0.2, 0.25) is 0 Å². The SMILES string of the molecule is Brc1ccc(COC2(CNC3CC3)CCCCCC2)cc1. The lowest BCUT2D eigenvalue weighted by molar-refractivity contribution is -0.0658. The number of nitrogens with one attached hydrogen (secondary N) is 1. The van der Waals surface area contributed by atoms with E-state index in [4.69, 9.17) is 4.74 Å². The van der Waals surface area contributed by atoms with Crippen molar-refractivity contribution in [2.75, 3.05) is 6.54 Å². The second-order valence-corrected chi connectivity index (χ2v) is 7.58. The predicted octanol–water partition coefficient (Wildman–Crippen LogP) is 4.81. The molecule has 2 aliphatic carbocycles. The molecule has 2 fully saturated rings. The highest BCUT2D eigenvalue weighted by molar-refractivity contribution is 9.10. The molecule has 0 aromatic heterocycles. The van der Waals surface area contributed by atoms with Gasteiger partial charge in [-0.3, -0.25) is 0 Å². The van der Waals surface area contributed by atoms with Crippen LogP contribution in [0.25, 0.3) is 0 Å². The maximum atomic E-state index is 6.48. The average molecular weight is 352 g/mol. The fraction of sp³-hybridized carbons (Fsp3) is 0.667. The standard InChI is InChI=1S/C18H26BrNO/c19-16-7-5-15(6-8-16)13-21-18(14-20-17-9-10-17)11-3-1-2-4-12-18/h5-8,17,20H,1-4,9-14H2. The maximum Gasteiger partial charge on any atom is 0.0810 e. The highest BCUT2D eigenvalue weighted by Gasteiger charge is 2.34. The van der Waals surface area contributed by atoms with Crippen LogP contribution in [-0.2, 0) is 11.3 Å². The summed E-state index contributed by atoms with van der Waals surface area (Å²) in [5.74, 6) is 0. The molecule has 0 atom stereocenters. The molecule has 21 heavy (non-hydrogen) atoms. The minimum atomic E-state index is 0.0617. The minimum Gasteiger partial charge on any atom is -0.369 e. The van der Waals surface area contributed by atoms with Crippen LogP contribution < -0.4 is 5.32 Å². The first-order valence-corrected chi connectivity index (χ1v) is 9.17. The molecular formula is C18H26BrNO. The van der Waals surface area contributed by atoms with Crippen LogP contribution in [0, 0.1) is 0 Å². The molecule has 2 saturated carbocycles. The summed E-state index contributed by atoms with van der Waals surface area (Å²) >= 11 is 3.49. The zero-order valence-electron chi connectivity index (χ0n) is 12.7. The Morgan fingerprint density at radius 2 is 1.71 bits per heavy atom. The summed E-state index contributed by atoms with van der Waals surface area (Å²) < 4.78 is 7.61. The number of rotatable bonds is 6. The van der Waals surface area contributed by atoms with Crippen molar-refractivity contribution in [1.82, 2.24) is 5.32 Å². The van der Waals surface area contributed by atoms with Gasteiger partial charge in [-0.15, -0.1) is 0 Å². The molecule has 0 heterocycles. The maximum absolute atomic E-state index is 6.48. The summed E-state index contributed by atoms with van der Waals surface area (Å²) in [7, 11) is 0. The molecule has 0 aliphatic heterocycles. The van der Waals surface area contributed by atoms with Crippen LogP contribution in [0.1, 0.15) is 56.9 Å². The number of ether oxygens (including phenoxy) is 1. The highest BCUT2D eigenvalue weighted by Crippen LogP contribution is 2.32. The lowest BCUT2D eigenvalue weighted by Gasteiger charge is -2.33. The van der Waals surface area contributed by atoms with E-state index >= 15 is 0 Å². The largest absolute Gasteiger partial charge is 0.369 e. The van der Waals surface area contributed by atoms with Crippen molar-refractivity contribution >= 4 is 15.9 Å². The summed E-state index contributed by atoms with van der Waals surface area (Å²) in [5.41, 5.74) is 1.33. The van der Waals surface area contributed by atoms with Gasteiger partial charge in [0.15, 0.2) is 0 Å². The Labute approximate surface area is 136 Å². The third-order valence-electron chi connectivity index (χ3n) is 4.76. The molecule has 2 aliphatic rings. The number of hydrogen-bond donors (Lipinski definition) is 1. The van der Waals surface area contributed by atoms with Crippen LogP contribution in [0.15, 0.2) is 28.7 Å². The molecule has 3 heteroatoms. The van der Waals surface area contributed by atoms with E-state index < -0.39 is 0 Å². The number of hydrogen-bond acceptors (Lipinski definition) is 2. The van der Waals surface area contributed by atoms with Gasteiger partial charge in [-0.1, -0.05) is 53.7 Å². The summed E-state index contributed by atoms with van der Waals surface area (Å²) in [6.07, 6.45) is 10.5. The smallest absolute Gasteiger partial charge is 0.0810 e. The molecule has 0 bridgehead atoms. The highest BCUT2D eigenvalue weighted by atomic mass is 79.9. The van der Waals surface area contributed by atoms with Gasteiger partial charge in [0.1, 0.15) is 0 Å². The van der Waals surface area contributed by atoms with E-state index in [1.54, 1.807) is 0 Å². The van der Waals surface area contributed by atoms with Crippen molar-refractivity contribution in [2.45, 2.75) is 69.6 Å². The van der Waals surface area contributed by atoms with Crippen LogP contribution >= 0.6 is 15.9 Å². The lowest BCUT2D eigenvalue weighted by Crippen LogP contribution is -2.43. The first-order chi connectivity index (χ1) is 10.3. The molecule has 0 radical (unpaired) electrons. The van der Waals surface area contributed by atoms with Crippen LogP contribution in [0.4, 0.5) is 0 Å². The van der Waals surface area contributed by atoms with E-state index in [0.29, 0.717) is 0 Å². The molecule has 1 aromatic rings. The second-order valence-electron chi connectivity index (χ2n) is 6.67. The van der Waals surface area contributed by atoms with Gasteiger partial charge in [0, 0.05) is 17.1 Å². The van der Waals surface area contributed by atoms with E-state index in [1.165, 1.54) is 56.9 Å². The second kappa shape index (κ2) is 7.26. The van der Waals surface area contributed by atoms with Gasteiger partial charge in [-0.2, -0.15) is 0 Å². The van der Waals surface area contributed by atoms with Crippen LogP contribution in [0.3, 0.4) is 0 Å². The van der Waals surface area contributed by atoms with Crippen LogP contribution in [0.5, 0.6) is 0 Å². The van der Waals surface area contributed by atoms with Gasteiger partial charge in [-0.05, 0) is 43.4 Å². The zero-order chi connectivity index (χ0) is 14.5. The summed E-state index contributed by atoms with van der Waals surface area (Å²) in [4.78, 5) is 0. The van der Waals surface area contributed by atoms with Crippen molar-refractivity contribution in [3.8, 4) is 0 Å². The molecule has 3 rings (SSSR count). The number of halogens is 1. The minimum absolute atomic E-state index is 0.0617. The van der Waals surface area contributed by atoms with Crippen molar-refractivity contribution < 1.29 is 4.74 Å². The molecule has 1 aromatic carbocycles. The Balaban J connectivity index is 1.60. The Kier molecular flexibility index (Phi) is 5.36. The third-order valence-corrected chi connectivity index (χ3v) is 5.29. The quantitative estimate of drug-likeness (QED) is 0.742. The Hall–Kier alpha value is -0.380. The molecule has 0 saturated heterocycles. The molecule has 0 unspecified atom stereocenters. The van der Waals surface area contributed by atoms with Crippen molar-refractivity contribution in [3.05, 3.63) is 34.3 Å². The normalized spacial score (nSPS) is 22.0. The summed E-state index contributed by atoms with van der Waals surface area (Å²) in [5, 5.41) is 3.71. The fourth-order valence-corrected chi connectivity index (χ4v) is 3.44. The molecule has 1 N–H and O–H groups in total. The van der Waals surface area contributed by atoms with E-state index in [-0.39, 0.29) is 5.60 Å². The summed E-state index contributed by atoms with van der Waals surface area (Å²) in [6, 6.07) is 9.27. The van der Waals surface area contributed by atoms with E-state index in [9.17, 15) is 0 Å². The predicted molar refractivity (Wildman–Crippen MR) is 90.4 cm³/mol. The van der Waals surface area contributed by atoms with E-state index in [2.05, 4.69) is 45.5 Å². The first-order valence-electron chi connectivity index (χ1n) is 8.38. The zero-order valence-corrected chi connectivity index (χ0v) is 14.3. The Morgan fingerprint density at radius 1 is 1.05 bits per heavy atom. The van der Waals surface area contributed by atoms with Crippen molar-refractivity contribution in [3.63, 3.8) is 0 Å². The first kappa shape index (κ1) is 15.5. The Bertz CT molecular complexity index is 433. The monoisotopic (exact) mass is 351 g/mol. The van der Waals surface area contributed by atoms with Gasteiger partial charge in [0.05, 0.1) is 12.2 Å².